The van der Waals surface area contributed by atoms with E-state index < -0.39 is 0 Å². The third-order valence-corrected chi connectivity index (χ3v) is 10.0. The van der Waals surface area contributed by atoms with E-state index in [2.05, 4.69) is 204 Å². The van der Waals surface area contributed by atoms with Gasteiger partial charge in [0.25, 0.3) is 0 Å². The number of aromatic nitrogens is 2. The fourth-order valence-corrected chi connectivity index (χ4v) is 7.68. The van der Waals surface area contributed by atoms with Gasteiger partial charge in [-0.15, -0.1) is 0 Å². The van der Waals surface area contributed by atoms with Crippen LogP contribution in [0.5, 0.6) is 0 Å². The summed E-state index contributed by atoms with van der Waals surface area (Å²) in [4.78, 5) is 5.08. The summed E-state index contributed by atoms with van der Waals surface area (Å²) >= 11 is 0. The Kier molecular flexibility index (Phi) is 7.51. The van der Waals surface area contributed by atoms with Crippen LogP contribution in [0.15, 0.2) is 176 Å². The molecule has 9 rings (SSSR count). The van der Waals surface area contributed by atoms with Gasteiger partial charge in [0, 0.05) is 5.69 Å². The number of imidazole rings is 1. The van der Waals surface area contributed by atoms with E-state index in [9.17, 15) is 0 Å². The van der Waals surface area contributed by atoms with E-state index in [-0.39, 0.29) is 5.11 Å². The van der Waals surface area contributed by atoms with E-state index in [0.29, 0.717) is 0 Å². The molecular formula is C46H35B3N2. The quantitative estimate of drug-likeness (QED) is 0.130. The summed E-state index contributed by atoms with van der Waals surface area (Å²) in [6, 6.07) is 63.9. The first-order valence-corrected chi connectivity index (χ1v) is 17.7. The second-order valence-electron chi connectivity index (χ2n) is 14.4. The van der Waals surface area contributed by atoms with Gasteiger partial charge in [-0.2, -0.15) is 0 Å². The zero-order valence-corrected chi connectivity index (χ0v) is 29.1. The van der Waals surface area contributed by atoms with Crippen LogP contribution in [0, 0.1) is 0 Å². The van der Waals surface area contributed by atoms with Gasteiger partial charge in [-0.3, -0.25) is 4.57 Å². The number of rotatable bonds is 6. The SMILES string of the molecule is BC(B)(B)c1nc2ccccc2n1-c1ccc(-c2c3ccccc3c(-c3cc(-c4ccccc4)cc(-c4ccccc4)c3)c3ccccc23)cc1. The van der Waals surface area contributed by atoms with Crippen molar-refractivity contribution >= 4 is 56.1 Å². The smallest absolute Gasteiger partial charge is 0.0994 e. The molecule has 2 nitrogen and oxygen atoms in total. The average Bonchev–Trinajstić information content (AvgIpc) is 3.58. The molecule has 0 saturated heterocycles. The number of nitrogens with zero attached hydrogens (tertiary/aromatic N) is 2. The van der Waals surface area contributed by atoms with Crippen molar-refractivity contribution in [1.29, 1.82) is 0 Å². The highest BCUT2D eigenvalue weighted by atomic mass is 15.1. The third-order valence-electron chi connectivity index (χ3n) is 10.0. The second kappa shape index (κ2) is 12.4. The molecule has 0 radical (unpaired) electrons. The molecule has 9 aromatic rings. The van der Waals surface area contributed by atoms with E-state index >= 15 is 0 Å². The van der Waals surface area contributed by atoms with E-state index in [1.165, 1.54) is 66.1 Å². The molecule has 0 amide bonds. The lowest BCUT2D eigenvalue weighted by atomic mass is 9.42. The summed E-state index contributed by atoms with van der Waals surface area (Å²) in [5.41, 5.74) is 13.0. The zero-order valence-electron chi connectivity index (χ0n) is 29.1. The summed E-state index contributed by atoms with van der Waals surface area (Å²) in [5, 5.41) is 4.87. The zero-order chi connectivity index (χ0) is 34.5. The molecule has 0 spiro atoms. The van der Waals surface area contributed by atoms with Crippen molar-refractivity contribution in [3.05, 3.63) is 182 Å². The van der Waals surface area contributed by atoms with E-state index in [1.54, 1.807) is 0 Å². The molecule has 0 unspecified atom stereocenters. The van der Waals surface area contributed by atoms with Crippen LogP contribution in [0.2, 0.25) is 0 Å². The van der Waals surface area contributed by atoms with Gasteiger partial charge in [0.1, 0.15) is 0 Å². The van der Waals surface area contributed by atoms with Gasteiger partial charge in [0.05, 0.1) is 40.4 Å². The first-order valence-electron chi connectivity index (χ1n) is 17.7. The predicted molar refractivity (Wildman–Crippen MR) is 225 cm³/mol. The molecule has 0 bridgehead atoms. The highest BCUT2D eigenvalue weighted by molar-refractivity contribution is 6.58. The Bertz CT molecular complexity index is 2600. The number of hydrogen-bond acceptors (Lipinski definition) is 1. The van der Waals surface area contributed by atoms with Crippen molar-refractivity contribution in [3.63, 3.8) is 0 Å². The molecule has 0 fully saturated rings. The lowest BCUT2D eigenvalue weighted by molar-refractivity contribution is 0.929. The maximum Gasteiger partial charge on any atom is 0.0994 e. The van der Waals surface area contributed by atoms with Crippen LogP contribution in [-0.2, 0) is 5.11 Å². The Morgan fingerprint density at radius 3 is 1.33 bits per heavy atom. The van der Waals surface area contributed by atoms with Gasteiger partial charge < -0.3 is 0 Å². The first-order chi connectivity index (χ1) is 24.9. The van der Waals surface area contributed by atoms with E-state index in [4.69, 9.17) is 4.98 Å². The first kappa shape index (κ1) is 31.0. The number of para-hydroxylation sites is 2. The molecule has 0 aliphatic rings. The molecule has 238 valence electrons. The maximum atomic E-state index is 5.08. The molecule has 1 aromatic heterocycles. The molecule has 0 aliphatic heterocycles. The minimum absolute atomic E-state index is 0.113. The molecule has 5 heteroatoms. The van der Waals surface area contributed by atoms with Crippen molar-refractivity contribution in [1.82, 2.24) is 9.55 Å². The Morgan fingerprint density at radius 1 is 0.392 bits per heavy atom. The van der Waals surface area contributed by atoms with Crippen molar-refractivity contribution in [2.24, 2.45) is 0 Å². The van der Waals surface area contributed by atoms with Crippen LogP contribution in [0.25, 0.3) is 82.8 Å². The molecule has 0 aliphatic carbocycles. The summed E-state index contributed by atoms with van der Waals surface area (Å²) in [5.74, 6) is 1.06. The van der Waals surface area contributed by atoms with Crippen molar-refractivity contribution in [2.75, 3.05) is 0 Å². The second-order valence-corrected chi connectivity index (χ2v) is 14.4. The normalized spacial score (nSPS) is 11.8. The Balaban J connectivity index is 1.27. The van der Waals surface area contributed by atoms with Crippen LogP contribution >= 0.6 is 0 Å². The van der Waals surface area contributed by atoms with Crippen molar-refractivity contribution < 1.29 is 0 Å². The summed E-state index contributed by atoms with van der Waals surface area (Å²) in [6.07, 6.45) is 0. The average molecular weight is 648 g/mol. The standard InChI is InChI=1S/C46H35B3N2/c47-46(48,49)45-50-41-21-11-12-22-42(41)51(45)36-25-23-32(24-26-36)43-37-17-7-9-19-39(37)44(40-20-10-8-18-38(40)43)35-28-33(30-13-3-1-4-14-30)27-34(29-35)31-15-5-2-6-16-31/h1-29H,47-49H2. The van der Waals surface area contributed by atoms with Crippen LogP contribution in [0.1, 0.15) is 5.82 Å². The monoisotopic (exact) mass is 648 g/mol. The molecule has 0 N–H and O–H groups in total. The molecular weight excluding hydrogens is 613 g/mol. The van der Waals surface area contributed by atoms with E-state index in [1.807, 2.05) is 0 Å². The maximum absolute atomic E-state index is 5.08. The van der Waals surface area contributed by atoms with Crippen molar-refractivity contribution in [2.45, 2.75) is 5.11 Å². The number of benzene rings is 8. The third kappa shape index (κ3) is 5.46. The highest BCUT2D eigenvalue weighted by Crippen LogP contribution is 2.45. The van der Waals surface area contributed by atoms with Gasteiger partial charge in [0.15, 0.2) is 0 Å². The Morgan fingerprint density at radius 2 is 0.824 bits per heavy atom. The molecule has 1 heterocycles. The summed E-state index contributed by atoms with van der Waals surface area (Å²) in [7, 11) is 6.70. The van der Waals surface area contributed by atoms with Crippen LogP contribution < -0.4 is 0 Å². The lowest BCUT2D eigenvalue weighted by Gasteiger charge is -2.21. The topological polar surface area (TPSA) is 17.8 Å². The number of fused-ring (bicyclic) bond motifs is 3. The molecule has 8 aromatic carbocycles. The number of hydrogen-bond donors (Lipinski definition) is 0. The Labute approximate surface area is 301 Å². The largest absolute Gasteiger partial charge is 0.298 e. The molecule has 0 saturated carbocycles. The Hall–Kier alpha value is -6.06. The lowest BCUT2D eigenvalue weighted by Crippen LogP contribution is -2.31. The van der Waals surface area contributed by atoms with Gasteiger partial charge >= 0.3 is 0 Å². The van der Waals surface area contributed by atoms with Gasteiger partial charge in [-0.25, -0.2) is 4.98 Å². The predicted octanol–water partition coefficient (Wildman–Crippen LogP) is 9.01. The van der Waals surface area contributed by atoms with Gasteiger partial charge in [-0.05, 0) is 109 Å². The highest BCUT2D eigenvalue weighted by Gasteiger charge is 2.24. The van der Waals surface area contributed by atoms with E-state index in [0.717, 1.165) is 22.5 Å². The minimum Gasteiger partial charge on any atom is -0.298 e. The fraction of sp³-hybridized carbons (Fsp3) is 0.0217. The fourth-order valence-electron chi connectivity index (χ4n) is 7.68. The summed E-state index contributed by atoms with van der Waals surface area (Å²) in [6.45, 7) is 0. The van der Waals surface area contributed by atoms with Crippen LogP contribution in [0.3, 0.4) is 0 Å². The molecule has 51 heavy (non-hydrogen) atoms. The van der Waals surface area contributed by atoms with Gasteiger partial charge in [-0.1, -0.05) is 139 Å². The minimum atomic E-state index is -0.113. The van der Waals surface area contributed by atoms with Crippen LogP contribution in [0.4, 0.5) is 0 Å². The van der Waals surface area contributed by atoms with Gasteiger partial charge in [0.2, 0.25) is 0 Å². The molecule has 0 atom stereocenters. The van der Waals surface area contributed by atoms with Crippen molar-refractivity contribution in [3.8, 4) is 50.2 Å². The van der Waals surface area contributed by atoms with Crippen LogP contribution in [-0.4, -0.2) is 33.1 Å². The summed E-state index contributed by atoms with van der Waals surface area (Å²) < 4.78 is 2.32.